The number of hydrogen-bond acceptors (Lipinski definition) is 3. The van der Waals surface area contributed by atoms with Crippen molar-refractivity contribution in [2.24, 2.45) is 22.5 Å². The van der Waals surface area contributed by atoms with Crippen LogP contribution in [0.15, 0.2) is 0 Å². The van der Waals surface area contributed by atoms with Crippen LogP contribution in [0.25, 0.3) is 0 Å². The van der Waals surface area contributed by atoms with Gasteiger partial charge in [-0.25, -0.2) is 0 Å². The van der Waals surface area contributed by atoms with Gasteiger partial charge in [0, 0.05) is 29.8 Å². The van der Waals surface area contributed by atoms with Gasteiger partial charge < -0.3 is 11.1 Å². The number of nitrogens with one attached hydrogen (secondary N) is 1. The van der Waals surface area contributed by atoms with E-state index in [1.165, 1.54) is 0 Å². The molecular formula is C21H42N2O2. The van der Waals surface area contributed by atoms with Crippen LogP contribution in [-0.2, 0) is 9.59 Å². The highest BCUT2D eigenvalue weighted by Crippen LogP contribution is 2.29. The van der Waals surface area contributed by atoms with E-state index in [0.29, 0.717) is 25.2 Å². The van der Waals surface area contributed by atoms with Crippen molar-refractivity contribution in [3.05, 3.63) is 0 Å². The Kier molecular flexibility index (Phi) is 9.35. The van der Waals surface area contributed by atoms with Gasteiger partial charge in [0.05, 0.1) is 0 Å². The molecular weight excluding hydrogens is 312 g/mol. The Morgan fingerprint density at radius 2 is 1.44 bits per heavy atom. The zero-order valence-electron chi connectivity index (χ0n) is 17.9. The van der Waals surface area contributed by atoms with Gasteiger partial charge in [-0.05, 0) is 44.9 Å². The molecule has 0 saturated carbocycles. The fourth-order valence-electron chi connectivity index (χ4n) is 2.95. The Bertz CT molecular complexity index is 407. The van der Waals surface area contributed by atoms with Crippen molar-refractivity contribution < 1.29 is 9.59 Å². The highest BCUT2D eigenvalue weighted by atomic mass is 16.2. The third kappa shape index (κ3) is 13.0. The number of carbonyl (C=O) groups is 2. The number of unbranched alkanes of at least 4 members (excludes halogenated alkanes) is 2. The Balaban J connectivity index is 4.24. The third-order valence-electron chi connectivity index (χ3n) is 4.22. The first-order valence-corrected chi connectivity index (χ1v) is 9.72. The minimum Gasteiger partial charge on any atom is -0.356 e. The SMILES string of the molecule is CC(C)(C)CC(CC(C)(C)N)C(=O)NCCCCCC(=O)C(C)(C)C. The highest BCUT2D eigenvalue weighted by molar-refractivity contribution is 5.83. The van der Waals surface area contributed by atoms with E-state index in [2.05, 4.69) is 26.1 Å². The zero-order valence-corrected chi connectivity index (χ0v) is 17.9. The van der Waals surface area contributed by atoms with E-state index >= 15 is 0 Å². The summed E-state index contributed by atoms with van der Waals surface area (Å²) in [6.07, 6.45) is 4.93. The summed E-state index contributed by atoms with van der Waals surface area (Å²) in [6.45, 7) is 17.0. The van der Waals surface area contributed by atoms with Crippen LogP contribution in [0.4, 0.5) is 0 Å². The van der Waals surface area contributed by atoms with Crippen LogP contribution >= 0.6 is 0 Å². The topological polar surface area (TPSA) is 72.2 Å². The Morgan fingerprint density at radius 3 is 1.88 bits per heavy atom. The molecule has 0 aliphatic rings. The Hall–Kier alpha value is -0.900. The molecule has 0 aliphatic carbocycles. The van der Waals surface area contributed by atoms with E-state index in [4.69, 9.17) is 5.73 Å². The van der Waals surface area contributed by atoms with E-state index in [-0.39, 0.29) is 28.2 Å². The maximum absolute atomic E-state index is 12.6. The fraction of sp³-hybridized carbons (Fsp3) is 0.905. The molecule has 0 fully saturated rings. The molecule has 4 heteroatoms. The number of amides is 1. The molecule has 0 spiro atoms. The largest absolute Gasteiger partial charge is 0.356 e. The highest BCUT2D eigenvalue weighted by Gasteiger charge is 2.29. The lowest BCUT2D eigenvalue weighted by molar-refractivity contribution is -0.127. The minimum absolute atomic E-state index is 0.0533. The lowest BCUT2D eigenvalue weighted by Gasteiger charge is -2.30. The molecule has 1 unspecified atom stereocenters. The summed E-state index contributed by atoms with van der Waals surface area (Å²) in [6, 6.07) is 0. The van der Waals surface area contributed by atoms with Crippen molar-refractivity contribution in [1.29, 1.82) is 0 Å². The van der Waals surface area contributed by atoms with Gasteiger partial charge in [0.1, 0.15) is 5.78 Å². The minimum atomic E-state index is -0.347. The fourth-order valence-corrected chi connectivity index (χ4v) is 2.95. The summed E-state index contributed by atoms with van der Waals surface area (Å²) >= 11 is 0. The van der Waals surface area contributed by atoms with Gasteiger partial charge in [0.15, 0.2) is 0 Å². The molecule has 0 aromatic rings. The second-order valence-corrected chi connectivity index (χ2v) is 10.4. The first-order chi connectivity index (χ1) is 11.1. The summed E-state index contributed by atoms with van der Waals surface area (Å²) in [5.74, 6) is 0.369. The van der Waals surface area contributed by atoms with Crippen molar-refractivity contribution in [3.63, 3.8) is 0 Å². The molecule has 1 amide bonds. The van der Waals surface area contributed by atoms with Gasteiger partial charge in [0.25, 0.3) is 0 Å². The van der Waals surface area contributed by atoms with Gasteiger partial charge in [-0.3, -0.25) is 9.59 Å². The number of nitrogens with two attached hydrogens (primary N) is 1. The van der Waals surface area contributed by atoms with E-state index in [1.54, 1.807) is 0 Å². The van der Waals surface area contributed by atoms with Crippen LogP contribution < -0.4 is 11.1 Å². The number of ketones is 1. The van der Waals surface area contributed by atoms with Gasteiger partial charge in [-0.15, -0.1) is 0 Å². The predicted molar refractivity (Wildman–Crippen MR) is 106 cm³/mol. The molecule has 0 aromatic carbocycles. The van der Waals surface area contributed by atoms with Crippen molar-refractivity contribution in [2.45, 2.75) is 99.5 Å². The van der Waals surface area contributed by atoms with E-state index < -0.39 is 0 Å². The molecule has 0 aromatic heterocycles. The molecule has 0 bridgehead atoms. The molecule has 148 valence electrons. The lowest BCUT2D eigenvalue weighted by atomic mass is 9.79. The molecule has 25 heavy (non-hydrogen) atoms. The van der Waals surface area contributed by atoms with Crippen LogP contribution in [0.5, 0.6) is 0 Å². The third-order valence-corrected chi connectivity index (χ3v) is 4.22. The molecule has 0 saturated heterocycles. The first kappa shape index (κ1) is 24.1. The Morgan fingerprint density at radius 1 is 0.880 bits per heavy atom. The van der Waals surface area contributed by atoms with Crippen LogP contribution in [0.1, 0.15) is 93.9 Å². The number of hydrogen-bond donors (Lipinski definition) is 2. The smallest absolute Gasteiger partial charge is 0.223 e. The second kappa shape index (κ2) is 9.70. The van der Waals surface area contributed by atoms with Crippen molar-refractivity contribution >= 4 is 11.7 Å². The number of Topliss-reactive ketones (excluding diaryl/α,β-unsaturated/α-hetero) is 1. The van der Waals surface area contributed by atoms with Crippen LogP contribution in [-0.4, -0.2) is 23.8 Å². The van der Waals surface area contributed by atoms with Gasteiger partial charge in [-0.2, -0.15) is 0 Å². The Labute approximate surface area is 155 Å². The summed E-state index contributed by atoms with van der Waals surface area (Å²) in [5.41, 5.74) is 5.64. The lowest BCUT2D eigenvalue weighted by Crippen LogP contribution is -2.41. The monoisotopic (exact) mass is 354 g/mol. The first-order valence-electron chi connectivity index (χ1n) is 9.72. The number of carbonyl (C=O) groups excluding carboxylic acids is 2. The molecule has 0 aliphatic heterocycles. The molecule has 0 radical (unpaired) electrons. The van der Waals surface area contributed by atoms with Crippen LogP contribution in [0.2, 0.25) is 0 Å². The van der Waals surface area contributed by atoms with Gasteiger partial charge in [-0.1, -0.05) is 48.0 Å². The summed E-state index contributed by atoms with van der Waals surface area (Å²) in [5, 5.41) is 3.07. The van der Waals surface area contributed by atoms with E-state index in [0.717, 1.165) is 25.7 Å². The van der Waals surface area contributed by atoms with Gasteiger partial charge >= 0.3 is 0 Å². The molecule has 1 atom stereocenters. The summed E-state index contributed by atoms with van der Waals surface area (Å²) < 4.78 is 0. The predicted octanol–water partition coefficient (Wildman–Crippen LogP) is 4.46. The molecule has 0 heterocycles. The summed E-state index contributed by atoms with van der Waals surface area (Å²) in [4.78, 5) is 24.4. The second-order valence-electron chi connectivity index (χ2n) is 10.4. The normalized spacial score (nSPS) is 14.3. The van der Waals surface area contributed by atoms with E-state index in [1.807, 2.05) is 34.6 Å². The average Bonchev–Trinajstić information content (AvgIpc) is 2.37. The molecule has 3 N–H and O–H groups in total. The number of rotatable bonds is 10. The zero-order chi connectivity index (χ0) is 19.9. The van der Waals surface area contributed by atoms with E-state index in [9.17, 15) is 9.59 Å². The maximum Gasteiger partial charge on any atom is 0.223 e. The quantitative estimate of drug-likeness (QED) is 0.569. The van der Waals surface area contributed by atoms with Crippen molar-refractivity contribution in [3.8, 4) is 0 Å². The van der Waals surface area contributed by atoms with Crippen molar-refractivity contribution in [1.82, 2.24) is 5.32 Å². The average molecular weight is 355 g/mol. The maximum atomic E-state index is 12.6. The van der Waals surface area contributed by atoms with Crippen LogP contribution in [0, 0.1) is 16.7 Å². The standard InChI is InChI=1S/C21H42N2O2/c1-19(2,3)14-16(15-21(7,8)22)18(25)23-13-11-9-10-12-17(24)20(4,5)6/h16H,9-15,22H2,1-8H3,(H,23,25). The van der Waals surface area contributed by atoms with Crippen molar-refractivity contribution in [2.75, 3.05) is 6.54 Å². The molecule has 0 rings (SSSR count). The molecule has 4 nitrogen and oxygen atoms in total. The van der Waals surface area contributed by atoms with Gasteiger partial charge in [0.2, 0.25) is 5.91 Å². The summed E-state index contributed by atoms with van der Waals surface area (Å²) in [7, 11) is 0. The van der Waals surface area contributed by atoms with Crippen LogP contribution in [0.3, 0.4) is 0 Å².